The summed E-state index contributed by atoms with van der Waals surface area (Å²) in [5.74, 6) is 0.567. The van der Waals surface area contributed by atoms with E-state index >= 15 is 0 Å². The number of rotatable bonds is 1. The summed E-state index contributed by atoms with van der Waals surface area (Å²) in [7, 11) is 0. The molecule has 0 amide bonds. The molecule has 0 bridgehead atoms. The second-order valence-electron chi connectivity index (χ2n) is 4.58. The van der Waals surface area contributed by atoms with Crippen LogP contribution in [0.5, 0.6) is 0 Å². The molecule has 21 heavy (non-hydrogen) atoms. The Morgan fingerprint density at radius 2 is 1.76 bits per heavy atom. The van der Waals surface area contributed by atoms with Crippen molar-refractivity contribution in [1.29, 1.82) is 0 Å². The number of halogens is 2. The maximum absolute atomic E-state index is 6.19. The highest BCUT2D eigenvalue weighted by Crippen LogP contribution is 2.25. The largest absolute Gasteiger partial charge is 0.226 e. The van der Waals surface area contributed by atoms with Crippen LogP contribution in [0.2, 0.25) is 10.3 Å². The molecule has 4 aromatic rings. The van der Waals surface area contributed by atoms with Gasteiger partial charge >= 0.3 is 0 Å². The van der Waals surface area contributed by atoms with Gasteiger partial charge in [-0.2, -0.15) is 4.52 Å². The minimum Gasteiger partial charge on any atom is -0.218 e. The molecule has 0 spiro atoms. The van der Waals surface area contributed by atoms with Gasteiger partial charge in [0.1, 0.15) is 0 Å². The Hall–Kier alpha value is -2.17. The number of para-hydroxylation sites is 1. The zero-order chi connectivity index (χ0) is 14.4. The second-order valence-corrected chi connectivity index (χ2v) is 5.35. The monoisotopic (exact) mass is 314 g/mol. The predicted octanol–water partition coefficient (Wildman–Crippen LogP) is 4.25. The van der Waals surface area contributed by atoms with E-state index in [1.165, 1.54) is 0 Å². The molecule has 0 saturated heterocycles. The van der Waals surface area contributed by atoms with E-state index in [9.17, 15) is 0 Å². The Morgan fingerprint density at radius 3 is 2.62 bits per heavy atom. The molecular formula is C15H8Cl2N4. The summed E-state index contributed by atoms with van der Waals surface area (Å²) in [6.07, 6.45) is 0. The van der Waals surface area contributed by atoms with Crippen LogP contribution in [0.15, 0.2) is 48.5 Å². The first-order chi connectivity index (χ1) is 10.2. The zero-order valence-electron chi connectivity index (χ0n) is 10.7. The van der Waals surface area contributed by atoms with Gasteiger partial charge in [0.2, 0.25) is 5.28 Å². The standard InChI is InChI=1S/C15H8Cl2N4/c16-10-5-3-4-9(8-10)13-19-14-11-6-1-2-7-12(11)18-15(17)21(14)20-13/h1-8H. The molecular weight excluding hydrogens is 307 g/mol. The van der Waals surface area contributed by atoms with Crippen molar-refractivity contribution in [2.45, 2.75) is 0 Å². The molecule has 4 nitrogen and oxygen atoms in total. The Bertz CT molecular complexity index is 978. The van der Waals surface area contributed by atoms with E-state index in [0.717, 1.165) is 16.5 Å². The van der Waals surface area contributed by atoms with E-state index in [0.29, 0.717) is 16.5 Å². The van der Waals surface area contributed by atoms with E-state index in [4.69, 9.17) is 23.2 Å². The van der Waals surface area contributed by atoms with Gasteiger partial charge in [0, 0.05) is 16.0 Å². The van der Waals surface area contributed by atoms with Crippen LogP contribution < -0.4 is 0 Å². The Labute approximate surface area is 130 Å². The molecule has 2 aromatic carbocycles. The van der Waals surface area contributed by atoms with Crippen molar-refractivity contribution < 1.29 is 0 Å². The molecule has 0 N–H and O–H groups in total. The summed E-state index contributed by atoms with van der Waals surface area (Å²) in [6, 6.07) is 15.1. The minimum absolute atomic E-state index is 0.282. The number of benzene rings is 2. The van der Waals surface area contributed by atoms with Crippen LogP contribution in [0.4, 0.5) is 0 Å². The smallest absolute Gasteiger partial charge is 0.218 e. The van der Waals surface area contributed by atoms with Crippen molar-refractivity contribution in [1.82, 2.24) is 19.6 Å². The minimum atomic E-state index is 0.282. The third-order valence-electron chi connectivity index (χ3n) is 3.22. The highest BCUT2D eigenvalue weighted by Gasteiger charge is 2.13. The number of hydrogen-bond donors (Lipinski definition) is 0. The lowest BCUT2D eigenvalue weighted by Gasteiger charge is -1.99. The summed E-state index contributed by atoms with van der Waals surface area (Å²) in [4.78, 5) is 8.91. The molecule has 0 fully saturated rings. The van der Waals surface area contributed by atoms with Crippen LogP contribution in [0.1, 0.15) is 0 Å². The first-order valence-electron chi connectivity index (χ1n) is 6.29. The fourth-order valence-electron chi connectivity index (χ4n) is 2.27. The van der Waals surface area contributed by atoms with Gasteiger partial charge in [0.25, 0.3) is 0 Å². The summed E-state index contributed by atoms with van der Waals surface area (Å²) < 4.78 is 1.54. The van der Waals surface area contributed by atoms with Gasteiger partial charge in [-0.1, -0.05) is 35.9 Å². The first kappa shape index (κ1) is 12.6. The number of nitrogens with zero attached hydrogens (tertiary/aromatic N) is 4. The molecule has 102 valence electrons. The van der Waals surface area contributed by atoms with Crippen molar-refractivity contribution in [3.63, 3.8) is 0 Å². The van der Waals surface area contributed by atoms with Gasteiger partial charge in [0.05, 0.1) is 5.52 Å². The third kappa shape index (κ3) is 2.04. The molecule has 0 unspecified atom stereocenters. The van der Waals surface area contributed by atoms with Crippen LogP contribution in [0.25, 0.3) is 27.9 Å². The molecule has 0 radical (unpaired) electrons. The highest BCUT2D eigenvalue weighted by atomic mass is 35.5. The van der Waals surface area contributed by atoms with Crippen LogP contribution in [-0.4, -0.2) is 19.6 Å². The number of hydrogen-bond acceptors (Lipinski definition) is 3. The van der Waals surface area contributed by atoms with Crippen molar-refractivity contribution in [2.24, 2.45) is 0 Å². The van der Waals surface area contributed by atoms with E-state index in [2.05, 4.69) is 15.1 Å². The quantitative estimate of drug-likeness (QED) is 0.493. The number of aromatic nitrogens is 4. The predicted molar refractivity (Wildman–Crippen MR) is 83.7 cm³/mol. The SMILES string of the molecule is Clc1cccc(-c2nc3c4ccccc4nc(Cl)n3n2)c1. The third-order valence-corrected chi connectivity index (χ3v) is 3.70. The molecule has 0 aliphatic heterocycles. The lowest BCUT2D eigenvalue weighted by atomic mass is 10.2. The second kappa shape index (κ2) is 4.69. The Kier molecular flexibility index (Phi) is 2.80. The zero-order valence-corrected chi connectivity index (χ0v) is 12.2. The molecule has 0 aliphatic rings. The van der Waals surface area contributed by atoms with Crippen LogP contribution in [0, 0.1) is 0 Å². The molecule has 0 atom stereocenters. The van der Waals surface area contributed by atoms with E-state index in [1.54, 1.807) is 4.52 Å². The van der Waals surface area contributed by atoms with Gasteiger partial charge < -0.3 is 0 Å². The molecule has 2 heterocycles. The molecule has 0 aliphatic carbocycles. The Balaban J connectivity index is 2.06. The summed E-state index contributed by atoms with van der Waals surface area (Å²) in [6.45, 7) is 0. The first-order valence-corrected chi connectivity index (χ1v) is 7.05. The fourth-order valence-corrected chi connectivity index (χ4v) is 2.67. The van der Waals surface area contributed by atoms with Crippen molar-refractivity contribution in [2.75, 3.05) is 0 Å². The topological polar surface area (TPSA) is 43.1 Å². The Morgan fingerprint density at radius 1 is 0.905 bits per heavy atom. The van der Waals surface area contributed by atoms with Gasteiger partial charge in [-0.25, -0.2) is 9.97 Å². The summed E-state index contributed by atoms with van der Waals surface area (Å²) in [5.41, 5.74) is 2.31. The van der Waals surface area contributed by atoms with Crippen molar-refractivity contribution in [3.8, 4) is 11.4 Å². The van der Waals surface area contributed by atoms with Crippen molar-refractivity contribution in [3.05, 3.63) is 58.8 Å². The normalized spacial score (nSPS) is 11.3. The summed E-state index contributed by atoms with van der Waals surface area (Å²) in [5, 5.41) is 6.25. The highest BCUT2D eigenvalue weighted by molar-refractivity contribution is 6.30. The fraction of sp³-hybridized carbons (Fsp3) is 0. The van der Waals surface area contributed by atoms with Crippen LogP contribution >= 0.6 is 23.2 Å². The summed E-state index contributed by atoms with van der Waals surface area (Å²) >= 11 is 12.2. The van der Waals surface area contributed by atoms with Gasteiger partial charge in [-0.15, -0.1) is 5.10 Å². The lowest BCUT2D eigenvalue weighted by Crippen LogP contribution is -1.94. The van der Waals surface area contributed by atoms with E-state index in [1.807, 2.05) is 48.5 Å². The van der Waals surface area contributed by atoms with E-state index < -0.39 is 0 Å². The van der Waals surface area contributed by atoms with Gasteiger partial charge in [-0.05, 0) is 35.9 Å². The molecule has 0 saturated carbocycles. The molecule has 2 aromatic heterocycles. The molecule has 6 heteroatoms. The maximum Gasteiger partial charge on any atom is 0.226 e. The van der Waals surface area contributed by atoms with Crippen LogP contribution in [0.3, 0.4) is 0 Å². The number of fused-ring (bicyclic) bond motifs is 3. The van der Waals surface area contributed by atoms with Crippen LogP contribution in [-0.2, 0) is 0 Å². The van der Waals surface area contributed by atoms with Gasteiger partial charge in [0.15, 0.2) is 11.5 Å². The average Bonchev–Trinajstić information content (AvgIpc) is 2.93. The average molecular weight is 315 g/mol. The van der Waals surface area contributed by atoms with E-state index in [-0.39, 0.29) is 5.28 Å². The molecule has 4 rings (SSSR count). The van der Waals surface area contributed by atoms with Crippen molar-refractivity contribution >= 4 is 39.8 Å². The lowest BCUT2D eigenvalue weighted by molar-refractivity contribution is 0.939. The maximum atomic E-state index is 6.19. The van der Waals surface area contributed by atoms with Gasteiger partial charge in [-0.3, -0.25) is 0 Å².